The molecule has 0 aliphatic carbocycles. The number of aryl methyl sites for hydroxylation is 1. The van der Waals surface area contributed by atoms with Crippen molar-refractivity contribution in [1.82, 2.24) is 5.32 Å². The number of nitrogens with one attached hydrogen (secondary N) is 1. The molecule has 1 aromatic rings. The van der Waals surface area contributed by atoms with Gasteiger partial charge >= 0.3 is 12.1 Å². The van der Waals surface area contributed by atoms with Crippen molar-refractivity contribution in [2.24, 2.45) is 0 Å². The van der Waals surface area contributed by atoms with Gasteiger partial charge in [-0.2, -0.15) is 0 Å². The van der Waals surface area contributed by atoms with E-state index >= 15 is 0 Å². The molecule has 0 radical (unpaired) electrons. The van der Waals surface area contributed by atoms with Crippen molar-refractivity contribution >= 4 is 17.7 Å². The number of carbonyl (C=O) groups is 2. The number of unbranched alkanes of at least 4 members (excludes halogenated alkanes) is 1. The maximum atomic E-state index is 12.1. The number of rotatable bonds is 8. The molecular weight excluding hydrogens is 332 g/mol. The van der Waals surface area contributed by atoms with Crippen molar-refractivity contribution in [3.63, 3.8) is 0 Å². The van der Waals surface area contributed by atoms with Crippen molar-refractivity contribution in [1.29, 1.82) is 0 Å². The van der Waals surface area contributed by atoms with E-state index in [1.165, 1.54) is 0 Å². The van der Waals surface area contributed by atoms with Crippen molar-refractivity contribution in [2.45, 2.75) is 71.9 Å². The Labute approximate surface area is 156 Å². The molecule has 0 aliphatic rings. The highest BCUT2D eigenvalue weighted by Gasteiger charge is 2.22. The Hall–Kier alpha value is -2.24. The van der Waals surface area contributed by atoms with Crippen LogP contribution in [-0.4, -0.2) is 30.3 Å². The second-order valence-corrected chi connectivity index (χ2v) is 7.51. The second kappa shape index (κ2) is 10.0. The van der Waals surface area contributed by atoms with Crippen molar-refractivity contribution in [2.75, 3.05) is 12.3 Å². The van der Waals surface area contributed by atoms with Crippen molar-refractivity contribution < 1.29 is 19.1 Å². The number of hydrogen-bond donors (Lipinski definition) is 2. The van der Waals surface area contributed by atoms with Crippen LogP contribution in [0.2, 0.25) is 0 Å². The van der Waals surface area contributed by atoms with Gasteiger partial charge in [0, 0.05) is 11.7 Å². The number of nitrogen functional groups attached to an aromatic ring is 1. The Kier molecular flexibility index (Phi) is 8.42. The van der Waals surface area contributed by atoms with E-state index < -0.39 is 17.7 Å². The molecule has 0 aromatic heterocycles. The van der Waals surface area contributed by atoms with Gasteiger partial charge in [-0.15, -0.1) is 0 Å². The normalized spacial score (nSPS) is 12.3. The summed E-state index contributed by atoms with van der Waals surface area (Å²) < 4.78 is 10.5. The van der Waals surface area contributed by atoms with Crippen LogP contribution in [0.5, 0.6) is 0 Å². The van der Waals surface area contributed by atoms with E-state index in [1.54, 1.807) is 20.8 Å². The van der Waals surface area contributed by atoms with E-state index in [4.69, 9.17) is 15.2 Å². The molecule has 0 heterocycles. The molecule has 0 unspecified atom stereocenters. The molecule has 1 atom stereocenters. The first-order valence-corrected chi connectivity index (χ1v) is 9.11. The smallest absolute Gasteiger partial charge is 0.407 e. The molecule has 0 aliphatic heterocycles. The number of ether oxygens (including phenoxy) is 2. The Balaban J connectivity index is 2.81. The quantitative estimate of drug-likeness (QED) is 0.416. The van der Waals surface area contributed by atoms with Crippen LogP contribution >= 0.6 is 0 Å². The van der Waals surface area contributed by atoms with E-state index in [9.17, 15) is 9.59 Å². The molecule has 0 saturated heterocycles. The number of esters is 1. The van der Waals surface area contributed by atoms with Gasteiger partial charge in [-0.25, -0.2) is 4.79 Å². The largest absolute Gasteiger partial charge is 0.466 e. The zero-order chi connectivity index (χ0) is 19.7. The standard InChI is InChI=1S/C20H32N2O4/c1-6-7-10-25-18(23)13-17(22-19(24)26-20(3,4)5)12-15-11-16(21)9-8-14(15)2/h8-9,11,17H,6-7,10,12-13,21H2,1-5H3,(H,22,24)/t17-/m0/s1. The first-order valence-electron chi connectivity index (χ1n) is 9.11. The minimum Gasteiger partial charge on any atom is -0.466 e. The van der Waals surface area contributed by atoms with Crippen LogP contribution < -0.4 is 11.1 Å². The number of alkyl carbamates (subject to hydrolysis) is 1. The number of hydrogen-bond acceptors (Lipinski definition) is 5. The van der Waals surface area contributed by atoms with Crippen LogP contribution in [0.1, 0.15) is 58.1 Å². The minimum atomic E-state index is -0.608. The van der Waals surface area contributed by atoms with Gasteiger partial charge in [0.25, 0.3) is 0 Å². The SMILES string of the molecule is CCCCOC(=O)C[C@H](Cc1cc(N)ccc1C)NC(=O)OC(C)(C)C. The summed E-state index contributed by atoms with van der Waals surface area (Å²) in [6, 6.07) is 5.18. The van der Waals surface area contributed by atoms with Gasteiger partial charge in [0.1, 0.15) is 5.60 Å². The molecule has 6 heteroatoms. The third kappa shape index (κ3) is 8.74. The summed E-state index contributed by atoms with van der Waals surface area (Å²) in [6.45, 7) is 9.78. The number of anilines is 1. The minimum absolute atomic E-state index is 0.0806. The van der Waals surface area contributed by atoms with E-state index in [0.717, 1.165) is 24.0 Å². The average molecular weight is 364 g/mol. The molecule has 3 N–H and O–H groups in total. The van der Waals surface area contributed by atoms with Gasteiger partial charge in [-0.05, 0) is 63.8 Å². The third-order valence-electron chi connectivity index (χ3n) is 3.73. The van der Waals surface area contributed by atoms with E-state index in [2.05, 4.69) is 5.32 Å². The lowest BCUT2D eigenvalue weighted by atomic mass is 9.98. The summed E-state index contributed by atoms with van der Waals surface area (Å²) in [5, 5.41) is 2.79. The summed E-state index contributed by atoms with van der Waals surface area (Å²) >= 11 is 0. The van der Waals surface area contributed by atoms with Gasteiger partial charge < -0.3 is 20.5 Å². The summed E-state index contributed by atoms with van der Waals surface area (Å²) in [4.78, 5) is 24.2. The molecule has 0 fully saturated rings. The van der Waals surface area contributed by atoms with Crippen LogP contribution in [0, 0.1) is 6.92 Å². The van der Waals surface area contributed by atoms with Crippen LogP contribution in [0.4, 0.5) is 10.5 Å². The fraction of sp³-hybridized carbons (Fsp3) is 0.600. The summed E-state index contributed by atoms with van der Waals surface area (Å²) in [5.74, 6) is -0.332. The van der Waals surface area contributed by atoms with Crippen molar-refractivity contribution in [3.8, 4) is 0 Å². The number of benzene rings is 1. The van der Waals surface area contributed by atoms with E-state index in [0.29, 0.717) is 18.7 Å². The number of carbonyl (C=O) groups excluding carboxylic acids is 2. The molecule has 1 amide bonds. The van der Waals surface area contributed by atoms with Crippen LogP contribution in [-0.2, 0) is 20.7 Å². The summed E-state index contributed by atoms with van der Waals surface area (Å²) in [5.41, 5.74) is 7.93. The number of amides is 1. The predicted octanol–water partition coefficient (Wildman–Crippen LogP) is 3.75. The summed E-state index contributed by atoms with van der Waals surface area (Å²) in [6.07, 6.45) is 1.78. The zero-order valence-corrected chi connectivity index (χ0v) is 16.6. The van der Waals surface area contributed by atoms with E-state index in [1.807, 2.05) is 32.0 Å². The Morgan fingerprint density at radius 3 is 2.58 bits per heavy atom. The fourth-order valence-electron chi connectivity index (χ4n) is 2.42. The summed E-state index contributed by atoms with van der Waals surface area (Å²) in [7, 11) is 0. The first kappa shape index (κ1) is 21.8. The van der Waals surface area contributed by atoms with Gasteiger partial charge in [0.05, 0.1) is 13.0 Å². The fourth-order valence-corrected chi connectivity index (χ4v) is 2.42. The molecule has 26 heavy (non-hydrogen) atoms. The van der Waals surface area contributed by atoms with Crippen LogP contribution in [0.3, 0.4) is 0 Å². The highest BCUT2D eigenvalue weighted by atomic mass is 16.6. The molecule has 6 nitrogen and oxygen atoms in total. The molecule has 1 rings (SSSR count). The molecule has 1 aromatic carbocycles. The van der Waals surface area contributed by atoms with Gasteiger partial charge in [0.15, 0.2) is 0 Å². The lowest BCUT2D eigenvalue weighted by molar-refractivity contribution is -0.144. The maximum absolute atomic E-state index is 12.1. The molecule has 146 valence electrons. The Morgan fingerprint density at radius 1 is 1.27 bits per heavy atom. The highest BCUT2D eigenvalue weighted by molar-refractivity contribution is 5.73. The molecule has 0 spiro atoms. The predicted molar refractivity (Wildman–Crippen MR) is 103 cm³/mol. The lowest BCUT2D eigenvalue weighted by Gasteiger charge is -2.24. The van der Waals surface area contributed by atoms with Gasteiger partial charge in [0.2, 0.25) is 0 Å². The first-order chi connectivity index (χ1) is 12.1. The van der Waals surface area contributed by atoms with Crippen LogP contribution in [0.25, 0.3) is 0 Å². The van der Waals surface area contributed by atoms with Gasteiger partial charge in [-0.3, -0.25) is 4.79 Å². The Bertz CT molecular complexity index is 608. The zero-order valence-electron chi connectivity index (χ0n) is 16.6. The molecular formula is C20H32N2O4. The third-order valence-corrected chi connectivity index (χ3v) is 3.73. The lowest BCUT2D eigenvalue weighted by Crippen LogP contribution is -2.41. The Morgan fingerprint density at radius 2 is 1.96 bits per heavy atom. The molecule has 0 saturated carbocycles. The highest BCUT2D eigenvalue weighted by Crippen LogP contribution is 2.17. The topological polar surface area (TPSA) is 90.6 Å². The van der Waals surface area contributed by atoms with Crippen LogP contribution in [0.15, 0.2) is 18.2 Å². The second-order valence-electron chi connectivity index (χ2n) is 7.51. The van der Waals surface area contributed by atoms with Gasteiger partial charge in [-0.1, -0.05) is 19.4 Å². The molecule has 0 bridgehead atoms. The monoisotopic (exact) mass is 364 g/mol. The van der Waals surface area contributed by atoms with E-state index in [-0.39, 0.29) is 12.4 Å². The maximum Gasteiger partial charge on any atom is 0.407 e. The average Bonchev–Trinajstić information content (AvgIpc) is 2.49. The van der Waals surface area contributed by atoms with Crippen molar-refractivity contribution in [3.05, 3.63) is 29.3 Å². The number of nitrogens with two attached hydrogens (primary N) is 1.